The topological polar surface area (TPSA) is 37.4 Å². The van der Waals surface area contributed by atoms with Gasteiger partial charge in [0.25, 0.3) is 11.8 Å². The van der Waals surface area contributed by atoms with Gasteiger partial charge in [-0.1, -0.05) is 69.7 Å². The van der Waals surface area contributed by atoms with E-state index in [1.165, 1.54) is 42.3 Å². The first-order valence-electron chi connectivity index (χ1n) is 9.82. The Morgan fingerprint density at radius 3 is 2.27 bits per heavy atom. The smallest absolute Gasteiger partial charge is 0.267 e. The second-order valence-electron chi connectivity index (χ2n) is 6.99. The summed E-state index contributed by atoms with van der Waals surface area (Å²) in [4.78, 5) is 28.0. The molecule has 0 radical (unpaired) electrons. The van der Waals surface area contributed by atoms with Crippen LogP contribution in [-0.2, 0) is 9.59 Å². The number of thioether (sulfide) groups is 1. The Balaban J connectivity index is 2.15. The summed E-state index contributed by atoms with van der Waals surface area (Å²) in [5, 5.41) is 0. The largest absolute Gasteiger partial charge is 0.274 e. The Labute approximate surface area is 162 Å². The number of imide groups is 1. The minimum Gasteiger partial charge on any atom is -0.274 e. The number of hydrogen-bond donors (Lipinski definition) is 0. The van der Waals surface area contributed by atoms with Gasteiger partial charge in [0, 0.05) is 6.54 Å². The molecule has 1 aromatic rings. The minimum atomic E-state index is -0.119. The maximum absolute atomic E-state index is 13.0. The van der Waals surface area contributed by atoms with Gasteiger partial charge in [-0.2, -0.15) is 0 Å². The van der Waals surface area contributed by atoms with E-state index >= 15 is 0 Å². The fourth-order valence-corrected chi connectivity index (χ4v) is 4.28. The Morgan fingerprint density at radius 1 is 0.923 bits per heavy atom. The van der Waals surface area contributed by atoms with E-state index in [0.29, 0.717) is 17.0 Å². The fourth-order valence-electron chi connectivity index (χ4n) is 3.42. The van der Waals surface area contributed by atoms with E-state index in [-0.39, 0.29) is 11.8 Å². The molecule has 1 aliphatic rings. The van der Waals surface area contributed by atoms with Crippen LogP contribution in [0.3, 0.4) is 0 Å². The molecule has 26 heavy (non-hydrogen) atoms. The number of carbonyl (C=O) groups is 2. The van der Waals surface area contributed by atoms with E-state index in [2.05, 4.69) is 13.0 Å². The van der Waals surface area contributed by atoms with Crippen molar-refractivity contribution in [3.63, 3.8) is 0 Å². The summed E-state index contributed by atoms with van der Waals surface area (Å²) in [6, 6.07) is 6.07. The third kappa shape index (κ3) is 4.79. The van der Waals surface area contributed by atoms with Crippen molar-refractivity contribution >= 4 is 29.1 Å². The molecule has 4 heteroatoms. The van der Waals surface area contributed by atoms with Crippen LogP contribution in [0.25, 0.3) is 5.57 Å². The molecule has 3 nitrogen and oxygen atoms in total. The fraction of sp³-hybridized carbons (Fsp3) is 0.545. The van der Waals surface area contributed by atoms with Crippen LogP contribution in [0.2, 0.25) is 0 Å². The van der Waals surface area contributed by atoms with Crippen molar-refractivity contribution in [2.24, 2.45) is 0 Å². The molecule has 2 amide bonds. The maximum atomic E-state index is 13.0. The van der Waals surface area contributed by atoms with Crippen molar-refractivity contribution in [1.82, 2.24) is 4.90 Å². The van der Waals surface area contributed by atoms with E-state index in [1.807, 2.05) is 32.9 Å². The van der Waals surface area contributed by atoms with Gasteiger partial charge in [0.2, 0.25) is 0 Å². The summed E-state index contributed by atoms with van der Waals surface area (Å²) in [6.07, 6.45) is 6.87. The molecule has 0 atom stereocenters. The number of carbonyl (C=O) groups excluding carboxylic acids is 2. The summed E-state index contributed by atoms with van der Waals surface area (Å²) in [7, 11) is 0. The Hall–Kier alpha value is -1.55. The van der Waals surface area contributed by atoms with Crippen LogP contribution >= 0.6 is 11.8 Å². The molecule has 142 valence electrons. The van der Waals surface area contributed by atoms with Gasteiger partial charge in [-0.15, -0.1) is 11.8 Å². The lowest BCUT2D eigenvalue weighted by atomic mass is 9.99. The molecule has 2 rings (SSSR count). The summed E-state index contributed by atoms with van der Waals surface area (Å²) in [5.74, 6) is 0.560. The van der Waals surface area contributed by atoms with Gasteiger partial charge in [-0.05, 0) is 37.1 Å². The normalized spacial score (nSPS) is 14.7. The highest BCUT2D eigenvalue weighted by atomic mass is 32.2. The molecule has 0 aliphatic carbocycles. The van der Waals surface area contributed by atoms with Crippen LogP contribution in [0.5, 0.6) is 0 Å². The highest BCUT2D eigenvalue weighted by Gasteiger charge is 2.38. The zero-order chi connectivity index (χ0) is 19.1. The number of unbranched alkanes of at least 4 members (excludes halogenated alkanes) is 5. The quantitative estimate of drug-likeness (QED) is 0.401. The number of aryl methyl sites for hydroxylation is 2. The third-order valence-corrected chi connectivity index (χ3v) is 5.76. The molecule has 0 unspecified atom stereocenters. The van der Waals surface area contributed by atoms with Gasteiger partial charge in [-0.3, -0.25) is 14.5 Å². The summed E-state index contributed by atoms with van der Waals surface area (Å²) < 4.78 is 0. The second kappa shape index (κ2) is 9.96. The standard InChI is InChI=1S/C22H31NO2S/c1-5-7-8-9-10-11-14-23-21(24)19(20(22(23)25)26-6-2)18-13-12-16(3)15-17(18)4/h12-13,15H,5-11,14H2,1-4H3. The van der Waals surface area contributed by atoms with Crippen molar-refractivity contribution < 1.29 is 9.59 Å². The highest BCUT2D eigenvalue weighted by Crippen LogP contribution is 2.37. The molecular formula is C22H31NO2S. The molecule has 1 aromatic carbocycles. The summed E-state index contributed by atoms with van der Waals surface area (Å²) in [6.45, 7) is 8.81. The minimum absolute atomic E-state index is 0.106. The predicted molar refractivity (Wildman–Crippen MR) is 111 cm³/mol. The lowest BCUT2D eigenvalue weighted by Crippen LogP contribution is -2.32. The predicted octanol–water partition coefficient (Wildman–Crippen LogP) is 5.50. The molecule has 0 saturated heterocycles. The van der Waals surface area contributed by atoms with E-state index in [4.69, 9.17) is 0 Å². The number of hydrogen-bond acceptors (Lipinski definition) is 3. The van der Waals surface area contributed by atoms with Crippen molar-refractivity contribution in [2.45, 2.75) is 66.2 Å². The second-order valence-corrected chi connectivity index (χ2v) is 8.26. The number of amides is 2. The van der Waals surface area contributed by atoms with E-state index in [1.54, 1.807) is 0 Å². The Kier molecular flexibility index (Phi) is 7.95. The average Bonchev–Trinajstić information content (AvgIpc) is 2.83. The number of rotatable bonds is 10. The van der Waals surface area contributed by atoms with Crippen LogP contribution in [0.4, 0.5) is 0 Å². The molecule has 0 N–H and O–H groups in total. The lowest BCUT2D eigenvalue weighted by Gasteiger charge is -2.15. The van der Waals surface area contributed by atoms with E-state index in [9.17, 15) is 9.59 Å². The molecule has 1 aliphatic heterocycles. The van der Waals surface area contributed by atoms with Crippen LogP contribution in [0.1, 0.15) is 69.1 Å². The van der Waals surface area contributed by atoms with Crippen LogP contribution in [-0.4, -0.2) is 29.0 Å². The van der Waals surface area contributed by atoms with Crippen LogP contribution < -0.4 is 0 Å². The van der Waals surface area contributed by atoms with Gasteiger partial charge in [0.1, 0.15) is 0 Å². The molecular weight excluding hydrogens is 342 g/mol. The SMILES string of the molecule is CCCCCCCCN1C(=O)C(SCC)=C(c2ccc(C)cc2C)C1=O. The highest BCUT2D eigenvalue weighted by molar-refractivity contribution is 8.04. The van der Waals surface area contributed by atoms with Crippen LogP contribution in [0, 0.1) is 13.8 Å². The molecule has 0 saturated carbocycles. The average molecular weight is 374 g/mol. The molecule has 0 aromatic heterocycles. The van der Waals surface area contributed by atoms with Crippen LogP contribution in [0.15, 0.2) is 23.1 Å². The zero-order valence-electron chi connectivity index (χ0n) is 16.6. The first kappa shape index (κ1) is 20.8. The Bertz CT molecular complexity index is 693. The van der Waals surface area contributed by atoms with Gasteiger partial charge >= 0.3 is 0 Å². The Morgan fingerprint density at radius 2 is 1.62 bits per heavy atom. The molecule has 0 bridgehead atoms. The molecule has 0 fully saturated rings. The molecule has 1 heterocycles. The lowest BCUT2D eigenvalue weighted by molar-refractivity contribution is -0.136. The molecule has 0 spiro atoms. The van der Waals surface area contributed by atoms with Gasteiger partial charge < -0.3 is 0 Å². The van der Waals surface area contributed by atoms with E-state index < -0.39 is 0 Å². The van der Waals surface area contributed by atoms with Gasteiger partial charge in [0.05, 0.1) is 10.5 Å². The first-order chi connectivity index (χ1) is 12.5. The summed E-state index contributed by atoms with van der Waals surface area (Å²) in [5.41, 5.74) is 3.72. The van der Waals surface area contributed by atoms with Gasteiger partial charge in [0.15, 0.2) is 0 Å². The first-order valence-corrected chi connectivity index (χ1v) is 10.8. The van der Waals surface area contributed by atoms with Crippen molar-refractivity contribution in [3.05, 3.63) is 39.8 Å². The van der Waals surface area contributed by atoms with Gasteiger partial charge in [-0.25, -0.2) is 0 Å². The number of benzene rings is 1. The third-order valence-electron chi connectivity index (χ3n) is 4.80. The number of nitrogens with zero attached hydrogens (tertiary/aromatic N) is 1. The summed E-state index contributed by atoms with van der Waals surface area (Å²) >= 11 is 1.49. The van der Waals surface area contributed by atoms with Crippen molar-refractivity contribution in [2.75, 3.05) is 12.3 Å². The van der Waals surface area contributed by atoms with E-state index in [0.717, 1.165) is 35.3 Å². The van der Waals surface area contributed by atoms with Crippen molar-refractivity contribution in [3.8, 4) is 0 Å². The zero-order valence-corrected chi connectivity index (χ0v) is 17.4. The maximum Gasteiger partial charge on any atom is 0.267 e. The van der Waals surface area contributed by atoms with Crippen molar-refractivity contribution in [1.29, 1.82) is 0 Å². The monoisotopic (exact) mass is 373 g/mol.